The van der Waals surface area contributed by atoms with Crippen molar-refractivity contribution in [3.05, 3.63) is 59.7 Å². The second-order valence-electron chi connectivity index (χ2n) is 6.61. The molecule has 0 spiro atoms. The number of thioether (sulfide) groups is 1. The molecule has 7 heteroatoms. The van der Waals surface area contributed by atoms with Crippen molar-refractivity contribution < 1.29 is 9.53 Å². The van der Waals surface area contributed by atoms with Crippen molar-refractivity contribution in [2.75, 3.05) is 24.2 Å². The fourth-order valence-electron chi connectivity index (χ4n) is 2.67. The molecule has 2 aromatic rings. The van der Waals surface area contributed by atoms with Crippen molar-refractivity contribution in [1.29, 1.82) is 0 Å². The van der Waals surface area contributed by atoms with Crippen molar-refractivity contribution in [3.63, 3.8) is 0 Å². The molecule has 3 rings (SSSR count). The maximum Gasteiger partial charge on any atom is 0.277 e. The first-order chi connectivity index (χ1) is 14.1. The zero-order chi connectivity index (χ0) is 20.5. The van der Waals surface area contributed by atoms with Gasteiger partial charge < -0.3 is 10.1 Å². The number of benzene rings is 2. The smallest absolute Gasteiger partial charge is 0.277 e. The van der Waals surface area contributed by atoms with Gasteiger partial charge in [0.15, 0.2) is 11.8 Å². The maximum atomic E-state index is 12.0. The summed E-state index contributed by atoms with van der Waals surface area (Å²) in [6.07, 6.45) is 2.10. The van der Waals surface area contributed by atoms with E-state index in [4.69, 9.17) is 4.74 Å². The number of ether oxygens (including phenoxy) is 1. The summed E-state index contributed by atoms with van der Waals surface area (Å²) in [6.45, 7) is 4.75. The summed E-state index contributed by atoms with van der Waals surface area (Å²) < 4.78 is 5.49. The molecular weight excluding hydrogens is 384 g/mol. The highest BCUT2D eigenvalue weighted by atomic mass is 32.2. The van der Waals surface area contributed by atoms with Crippen LogP contribution in [-0.4, -0.2) is 35.7 Å². The van der Waals surface area contributed by atoms with Crippen LogP contribution in [0.2, 0.25) is 0 Å². The fourth-order valence-corrected chi connectivity index (χ4v) is 3.51. The minimum absolute atomic E-state index is 0.0785. The number of hydrazone groups is 1. The minimum atomic E-state index is -0.297. The molecule has 6 nitrogen and oxygen atoms in total. The Morgan fingerprint density at radius 3 is 2.59 bits per heavy atom. The normalized spacial score (nSPS) is 14.1. The summed E-state index contributed by atoms with van der Waals surface area (Å²) >= 11 is 1.74. The molecule has 2 N–H and O–H groups in total. The third kappa shape index (κ3) is 6.64. The molecule has 1 aliphatic rings. The Morgan fingerprint density at radius 1 is 1.17 bits per heavy atom. The van der Waals surface area contributed by atoms with Gasteiger partial charge in [-0.25, -0.2) is 5.43 Å². The van der Waals surface area contributed by atoms with E-state index in [9.17, 15) is 4.79 Å². The van der Waals surface area contributed by atoms with Crippen LogP contribution < -0.4 is 15.5 Å². The van der Waals surface area contributed by atoms with Crippen molar-refractivity contribution in [2.45, 2.75) is 26.7 Å². The van der Waals surface area contributed by atoms with E-state index >= 15 is 0 Å². The number of aliphatic imine (C=N–C) groups is 1. The van der Waals surface area contributed by atoms with Gasteiger partial charge in [-0.05, 0) is 55.2 Å². The quantitative estimate of drug-likeness (QED) is 0.533. The van der Waals surface area contributed by atoms with E-state index in [0.717, 1.165) is 47.3 Å². The number of hydrogen-bond acceptors (Lipinski definition) is 6. The van der Waals surface area contributed by atoms with Crippen LogP contribution in [0.3, 0.4) is 0 Å². The van der Waals surface area contributed by atoms with E-state index < -0.39 is 0 Å². The van der Waals surface area contributed by atoms with Gasteiger partial charge in [0.25, 0.3) is 5.91 Å². The molecule has 0 aliphatic carbocycles. The highest BCUT2D eigenvalue weighted by molar-refractivity contribution is 8.14. The van der Waals surface area contributed by atoms with Gasteiger partial charge >= 0.3 is 0 Å². The summed E-state index contributed by atoms with van der Waals surface area (Å²) in [5.74, 6) is 1.47. The summed E-state index contributed by atoms with van der Waals surface area (Å²) in [6, 6.07) is 15.6. The summed E-state index contributed by atoms with van der Waals surface area (Å²) in [4.78, 5) is 16.4. The summed E-state index contributed by atoms with van der Waals surface area (Å²) in [7, 11) is 0. The fraction of sp³-hybridized carbons (Fsp3) is 0.318. The van der Waals surface area contributed by atoms with Crippen LogP contribution in [0.5, 0.6) is 5.75 Å². The van der Waals surface area contributed by atoms with E-state index in [1.54, 1.807) is 11.8 Å². The lowest BCUT2D eigenvalue weighted by molar-refractivity contribution is -0.123. The molecule has 0 bridgehead atoms. The molecule has 2 aromatic carbocycles. The summed E-state index contributed by atoms with van der Waals surface area (Å²) in [5, 5.41) is 8.46. The van der Waals surface area contributed by atoms with Gasteiger partial charge in [0, 0.05) is 18.0 Å². The number of amidine groups is 1. The molecule has 29 heavy (non-hydrogen) atoms. The van der Waals surface area contributed by atoms with Crippen LogP contribution >= 0.6 is 11.8 Å². The van der Waals surface area contributed by atoms with Gasteiger partial charge in [0.05, 0.1) is 5.71 Å². The molecule has 0 saturated heterocycles. The number of aryl methyl sites for hydroxylation is 1. The van der Waals surface area contributed by atoms with Crippen LogP contribution in [-0.2, 0) is 11.2 Å². The molecule has 1 heterocycles. The van der Waals surface area contributed by atoms with Crippen LogP contribution in [0.15, 0.2) is 58.6 Å². The number of amides is 1. The van der Waals surface area contributed by atoms with Gasteiger partial charge in [-0.15, -0.1) is 0 Å². The van der Waals surface area contributed by atoms with E-state index in [1.165, 1.54) is 5.56 Å². The molecule has 0 aromatic heterocycles. The van der Waals surface area contributed by atoms with Crippen LogP contribution in [0.1, 0.15) is 31.4 Å². The Labute approximate surface area is 175 Å². The standard InChI is InChI=1S/C22H26N4O2S/c1-3-17-5-11-20(12-6-17)28-15-21(27)26-25-16(2)18-7-9-19(10-8-18)24-22-23-13-4-14-29-22/h5-12H,3-4,13-15H2,1-2H3,(H,23,24)(H,26,27)/b25-16-. The first-order valence-corrected chi connectivity index (χ1v) is 10.7. The monoisotopic (exact) mass is 410 g/mol. The van der Waals surface area contributed by atoms with Crippen molar-refractivity contribution in [3.8, 4) is 5.75 Å². The lowest BCUT2D eigenvalue weighted by atomic mass is 10.1. The lowest BCUT2D eigenvalue weighted by Gasteiger charge is -2.13. The SMILES string of the molecule is CCc1ccc(OCC(=O)N/N=C(/C)c2ccc(NC3=NCCCS3)cc2)cc1. The topological polar surface area (TPSA) is 75.1 Å². The van der Waals surface area contributed by atoms with E-state index in [-0.39, 0.29) is 12.5 Å². The Hall–Kier alpha value is -2.80. The summed E-state index contributed by atoms with van der Waals surface area (Å²) in [5.41, 5.74) is 6.42. The molecule has 1 aliphatic heterocycles. The number of nitrogens with one attached hydrogen (secondary N) is 2. The number of carbonyl (C=O) groups is 1. The van der Waals surface area contributed by atoms with Crippen LogP contribution in [0.25, 0.3) is 0 Å². The molecule has 1 amide bonds. The molecule has 152 valence electrons. The van der Waals surface area contributed by atoms with Gasteiger partial charge in [0.1, 0.15) is 5.75 Å². The average molecular weight is 411 g/mol. The van der Waals surface area contributed by atoms with Gasteiger partial charge in [-0.2, -0.15) is 5.10 Å². The molecule has 0 fully saturated rings. The molecular formula is C22H26N4O2S. The molecule has 0 saturated carbocycles. The highest BCUT2D eigenvalue weighted by Gasteiger charge is 2.07. The number of anilines is 1. The average Bonchev–Trinajstić information content (AvgIpc) is 2.77. The van der Waals surface area contributed by atoms with E-state index in [2.05, 4.69) is 27.8 Å². The first kappa shape index (κ1) is 20.9. The Kier molecular flexibility index (Phi) is 7.69. The Balaban J connectivity index is 1.47. The third-order valence-electron chi connectivity index (χ3n) is 4.40. The lowest BCUT2D eigenvalue weighted by Crippen LogP contribution is -2.25. The second kappa shape index (κ2) is 10.7. The number of nitrogens with zero attached hydrogens (tertiary/aromatic N) is 2. The highest BCUT2D eigenvalue weighted by Crippen LogP contribution is 2.17. The molecule has 0 radical (unpaired) electrons. The number of hydrogen-bond donors (Lipinski definition) is 2. The van der Waals surface area contributed by atoms with Gasteiger partial charge in [0.2, 0.25) is 0 Å². The van der Waals surface area contributed by atoms with Crippen molar-refractivity contribution in [1.82, 2.24) is 5.43 Å². The second-order valence-corrected chi connectivity index (χ2v) is 7.69. The zero-order valence-electron chi connectivity index (χ0n) is 16.8. The molecule has 0 atom stereocenters. The van der Waals surface area contributed by atoms with Crippen LogP contribution in [0.4, 0.5) is 5.69 Å². The Morgan fingerprint density at radius 2 is 1.93 bits per heavy atom. The minimum Gasteiger partial charge on any atom is -0.484 e. The van der Waals surface area contributed by atoms with E-state index in [1.807, 2.05) is 55.5 Å². The largest absolute Gasteiger partial charge is 0.484 e. The van der Waals surface area contributed by atoms with Crippen molar-refractivity contribution in [2.24, 2.45) is 10.1 Å². The maximum absolute atomic E-state index is 12.0. The van der Waals surface area contributed by atoms with Gasteiger partial charge in [-0.3, -0.25) is 9.79 Å². The van der Waals surface area contributed by atoms with Gasteiger partial charge in [-0.1, -0.05) is 43.0 Å². The number of carbonyl (C=O) groups excluding carboxylic acids is 1. The van der Waals surface area contributed by atoms with Crippen molar-refractivity contribution >= 4 is 34.2 Å². The predicted octanol–water partition coefficient (Wildman–Crippen LogP) is 4.07. The third-order valence-corrected chi connectivity index (χ3v) is 5.40. The van der Waals surface area contributed by atoms with E-state index in [0.29, 0.717) is 5.75 Å². The molecule has 0 unspecified atom stereocenters. The van der Waals surface area contributed by atoms with Crippen LogP contribution in [0, 0.1) is 0 Å². The number of rotatable bonds is 7. The zero-order valence-corrected chi connectivity index (χ0v) is 17.6. The first-order valence-electron chi connectivity index (χ1n) is 9.73. The Bertz CT molecular complexity index is 877. The predicted molar refractivity (Wildman–Crippen MR) is 121 cm³/mol.